The lowest BCUT2D eigenvalue weighted by Gasteiger charge is -2.31. The molecule has 1 atom stereocenters. The van der Waals surface area contributed by atoms with Crippen molar-refractivity contribution < 1.29 is 27.1 Å². The van der Waals surface area contributed by atoms with Gasteiger partial charge in [-0.05, 0) is 31.9 Å². The second kappa shape index (κ2) is 7.92. The van der Waals surface area contributed by atoms with Crippen LogP contribution in [0.1, 0.15) is 19.8 Å². The van der Waals surface area contributed by atoms with E-state index >= 15 is 0 Å². The molecule has 0 radical (unpaired) electrons. The molecule has 2 rings (SSSR count). The third-order valence-electron chi connectivity index (χ3n) is 4.19. The summed E-state index contributed by atoms with van der Waals surface area (Å²) in [7, 11) is -2.70. The molecule has 1 aromatic rings. The van der Waals surface area contributed by atoms with E-state index in [1.54, 1.807) is 0 Å². The Hall–Kier alpha value is -2.00. The van der Waals surface area contributed by atoms with Gasteiger partial charge in [0.15, 0.2) is 0 Å². The van der Waals surface area contributed by atoms with Gasteiger partial charge in [0.2, 0.25) is 15.9 Å². The number of nitrogens with one attached hydrogen (secondary N) is 1. The lowest BCUT2D eigenvalue weighted by atomic mass is 9.97. The van der Waals surface area contributed by atoms with Crippen LogP contribution < -0.4 is 5.32 Å². The minimum Gasteiger partial charge on any atom is -0.467 e. The molecule has 25 heavy (non-hydrogen) atoms. The number of sulfonamides is 1. The Morgan fingerprint density at radius 1 is 1.28 bits per heavy atom. The first-order valence-corrected chi connectivity index (χ1v) is 9.34. The highest BCUT2D eigenvalue weighted by molar-refractivity contribution is 7.89. The zero-order valence-corrected chi connectivity index (χ0v) is 14.9. The standard InChI is InChI=1S/C16H21FN2O5S/c1-11(16(21)24-2)18-15(20)12-7-9-19(10-8-12)25(22,23)14-6-4-3-5-13(14)17/h3-6,11-12H,7-10H2,1-2H3,(H,18,20). The number of hydrogen-bond acceptors (Lipinski definition) is 5. The van der Waals surface area contributed by atoms with Crippen LogP contribution in [0.15, 0.2) is 29.2 Å². The molecule has 1 aromatic carbocycles. The van der Waals surface area contributed by atoms with Gasteiger partial charge in [-0.25, -0.2) is 17.6 Å². The maximum Gasteiger partial charge on any atom is 0.328 e. The number of ether oxygens (including phenoxy) is 1. The highest BCUT2D eigenvalue weighted by Crippen LogP contribution is 2.25. The molecular weight excluding hydrogens is 351 g/mol. The zero-order chi connectivity index (χ0) is 18.6. The predicted octanol–water partition coefficient (Wildman–Crippen LogP) is 0.904. The normalized spacial score (nSPS) is 17.7. The number of amides is 1. The molecule has 0 aromatic heterocycles. The molecule has 1 aliphatic heterocycles. The number of benzene rings is 1. The van der Waals surface area contributed by atoms with E-state index in [2.05, 4.69) is 10.1 Å². The van der Waals surface area contributed by atoms with E-state index in [1.165, 1.54) is 36.5 Å². The average molecular weight is 372 g/mol. The molecule has 0 saturated carbocycles. The van der Waals surface area contributed by atoms with Crippen LogP contribution in [0.5, 0.6) is 0 Å². The molecule has 0 aliphatic carbocycles. The number of nitrogens with zero attached hydrogens (tertiary/aromatic N) is 1. The topological polar surface area (TPSA) is 92.8 Å². The van der Waals surface area contributed by atoms with E-state index in [1.807, 2.05) is 0 Å². The van der Waals surface area contributed by atoms with E-state index in [9.17, 15) is 22.4 Å². The SMILES string of the molecule is COC(=O)C(C)NC(=O)C1CCN(S(=O)(=O)c2ccccc2F)CC1. The predicted molar refractivity (Wildman–Crippen MR) is 87.5 cm³/mol. The zero-order valence-electron chi connectivity index (χ0n) is 14.1. The average Bonchev–Trinajstić information content (AvgIpc) is 2.61. The fourth-order valence-electron chi connectivity index (χ4n) is 2.72. The van der Waals surface area contributed by atoms with E-state index in [4.69, 9.17) is 0 Å². The van der Waals surface area contributed by atoms with Crippen LogP contribution in [-0.4, -0.2) is 50.8 Å². The number of piperidine rings is 1. The Labute approximate surface area is 146 Å². The molecular formula is C16H21FN2O5S. The molecule has 9 heteroatoms. The molecule has 0 bridgehead atoms. The second-order valence-corrected chi connectivity index (χ2v) is 7.77. The van der Waals surface area contributed by atoms with Crippen molar-refractivity contribution in [3.05, 3.63) is 30.1 Å². The molecule has 7 nitrogen and oxygen atoms in total. The Balaban J connectivity index is 1.98. The van der Waals surface area contributed by atoms with Crippen LogP contribution in [0.3, 0.4) is 0 Å². The van der Waals surface area contributed by atoms with E-state index in [0.29, 0.717) is 12.8 Å². The summed E-state index contributed by atoms with van der Waals surface area (Å²) in [5.41, 5.74) is 0. The van der Waals surface area contributed by atoms with Gasteiger partial charge < -0.3 is 10.1 Å². The van der Waals surface area contributed by atoms with E-state index < -0.39 is 33.8 Å². The first kappa shape index (κ1) is 19.3. The van der Waals surface area contributed by atoms with Crippen LogP contribution in [-0.2, 0) is 24.3 Å². The van der Waals surface area contributed by atoms with Gasteiger partial charge in [-0.1, -0.05) is 12.1 Å². The summed E-state index contributed by atoms with van der Waals surface area (Å²) in [4.78, 5) is 23.1. The summed E-state index contributed by atoms with van der Waals surface area (Å²) < 4.78 is 44.5. The summed E-state index contributed by atoms with van der Waals surface area (Å²) >= 11 is 0. The molecule has 1 N–H and O–H groups in total. The monoisotopic (exact) mass is 372 g/mol. The Bertz CT molecular complexity index is 745. The van der Waals surface area contributed by atoms with Gasteiger partial charge in [0.1, 0.15) is 16.8 Å². The smallest absolute Gasteiger partial charge is 0.328 e. The lowest BCUT2D eigenvalue weighted by Crippen LogP contribution is -2.46. The van der Waals surface area contributed by atoms with Gasteiger partial charge >= 0.3 is 5.97 Å². The third-order valence-corrected chi connectivity index (χ3v) is 6.12. The second-order valence-electron chi connectivity index (χ2n) is 5.86. The Morgan fingerprint density at radius 2 is 1.88 bits per heavy atom. The largest absolute Gasteiger partial charge is 0.467 e. The third kappa shape index (κ3) is 4.35. The molecule has 1 heterocycles. The minimum atomic E-state index is -3.93. The first-order valence-electron chi connectivity index (χ1n) is 7.90. The van der Waals surface area contributed by atoms with Gasteiger partial charge in [-0.3, -0.25) is 4.79 Å². The van der Waals surface area contributed by atoms with Crippen molar-refractivity contribution in [2.24, 2.45) is 5.92 Å². The summed E-state index contributed by atoms with van der Waals surface area (Å²) in [6.45, 7) is 1.74. The number of esters is 1. The number of rotatable bonds is 5. The highest BCUT2D eigenvalue weighted by atomic mass is 32.2. The van der Waals surface area contributed by atoms with Crippen molar-refractivity contribution in [1.29, 1.82) is 0 Å². The number of hydrogen-bond donors (Lipinski definition) is 1. The Morgan fingerprint density at radius 3 is 2.44 bits per heavy atom. The summed E-state index contributed by atoms with van der Waals surface area (Å²) in [6, 6.07) is 4.44. The lowest BCUT2D eigenvalue weighted by molar-refractivity contribution is -0.145. The molecule has 1 unspecified atom stereocenters. The van der Waals surface area contributed by atoms with E-state index in [0.717, 1.165) is 6.07 Å². The molecule has 138 valence electrons. The highest BCUT2D eigenvalue weighted by Gasteiger charge is 2.34. The molecule has 0 spiro atoms. The van der Waals surface area contributed by atoms with Crippen molar-refractivity contribution >= 4 is 21.9 Å². The van der Waals surface area contributed by atoms with Gasteiger partial charge in [-0.15, -0.1) is 0 Å². The van der Waals surface area contributed by atoms with Crippen LogP contribution >= 0.6 is 0 Å². The van der Waals surface area contributed by atoms with Gasteiger partial charge in [-0.2, -0.15) is 4.31 Å². The van der Waals surface area contributed by atoms with Crippen molar-refractivity contribution in [3.8, 4) is 0 Å². The summed E-state index contributed by atoms with van der Waals surface area (Å²) in [5.74, 6) is -2.07. The van der Waals surface area contributed by atoms with Crippen LogP contribution in [0.25, 0.3) is 0 Å². The molecule has 1 saturated heterocycles. The van der Waals surface area contributed by atoms with Crippen molar-refractivity contribution in [2.75, 3.05) is 20.2 Å². The fourth-order valence-corrected chi connectivity index (χ4v) is 4.25. The molecule has 1 fully saturated rings. The van der Waals surface area contributed by atoms with E-state index in [-0.39, 0.29) is 23.9 Å². The summed E-state index contributed by atoms with van der Waals surface area (Å²) in [6.07, 6.45) is 0.598. The van der Waals surface area contributed by atoms with Gasteiger partial charge in [0.05, 0.1) is 7.11 Å². The summed E-state index contributed by atoms with van der Waals surface area (Å²) in [5, 5.41) is 2.55. The Kier molecular flexibility index (Phi) is 6.12. The van der Waals surface area contributed by atoms with Crippen molar-refractivity contribution in [2.45, 2.75) is 30.7 Å². The van der Waals surface area contributed by atoms with Crippen molar-refractivity contribution in [1.82, 2.24) is 9.62 Å². The van der Waals surface area contributed by atoms with Gasteiger partial charge in [0, 0.05) is 19.0 Å². The number of carbonyl (C=O) groups excluding carboxylic acids is 2. The van der Waals surface area contributed by atoms with Gasteiger partial charge in [0.25, 0.3) is 0 Å². The van der Waals surface area contributed by atoms with Crippen LogP contribution in [0.4, 0.5) is 4.39 Å². The first-order chi connectivity index (χ1) is 11.8. The number of methoxy groups -OCH3 is 1. The molecule has 1 aliphatic rings. The van der Waals surface area contributed by atoms with Crippen LogP contribution in [0.2, 0.25) is 0 Å². The number of halogens is 1. The van der Waals surface area contributed by atoms with Crippen LogP contribution in [0, 0.1) is 11.7 Å². The maximum atomic E-state index is 13.8. The number of carbonyl (C=O) groups is 2. The maximum absolute atomic E-state index is 13.8. The molecule has 1 amide bonds. The van der Waals surface area contributed by atoms with Crippen molar-refractivity contribution in [3.63, 3.8) is 0 Å². The quantitative estimate of drug-likeness (QED) is 0.776. The fraction of sp³-hybridized carbons (Fsp3) is 0.500. The minimum absolute atomic E-state index is 0.112.